The Morgan fingerprint density at radius 1 is 1.18 bits per heavy atom. The van der Waals surface area contributed by atoms with Crippen molar-refractivity contribution >= 4 is 5.78 Å². The van der Waals surface area contributed by atoms with E-state index in [0.29, 0.717) is 30.1 Å². The van der Waals surface area contributed by atoms with Gasteiger partial charge in [-0.2, -0.15) is 0 Å². The number of fused-ring (bicyclic) bond motifs is 1. The number of hydrogen-bond donors (Lipinski definition) is 0. The predicted molar refractivity (Wildman–Crippen MR) is 86.7 cm³/mol. The van der Waals surface area contributed by atoms with Crippen LogP contribution in [0.1, 0.15) is 56.9 Å². The van der Waals surface area contributed by atoms with Crippen LogP contribution in [-0.2, 0) is 9.53 Å². The Hall–Kier alpha value is -1.15. The Labute approximate surface area is 133 Å². The molecule has 2 aliphatic heterocycles. The first kappa shape index (κ1) is 14.4. The van der Waals surface area contributed by atoms with E-state index in [1.165, 1.54) is 24.8 Å². The fraction of sp³-hybridized carbons (Fsp3) is 0.650. The van der Waals surface area contributed by atoms with E-state index in [4.69, 9.17) is 4.74 Å². The molecule has 22 heavy (non-hydrogen) atoms. The lowest BCUT2D eigenvalue weighted by Gasteiger charge is -2.41. The normalized spacial score (nSPS) is 36.7. The van der Waals surface area contributed by atoms with Crippen LogP contribution in [0.25, 0.3) is 0 Å². The van der Waals surface area contributed by atoms with E-state index in [0.717, 1.165) is 24.7 Å². The second kappa shape index (κ2) is 5.81. The second-order valence-corrected chi connectivity index (χ2v) is 7.55. The number of ether oxygens (including phenoxy) is 1. The van der Waals surface area contributed by atoms with E-state index in [-0.39, 0.29) is 6.10 Å². The molecule has 0 radical (unpaired) electrons. The van der Waals surface area contributed by atoms with Gasteiger partial charge in [-0.15, -0.1) is 0 Å². The van der Waals surface area contributed by atoms with Crippen LogP contribution in [0.4, 0.5) is 0 Å². The van der Waals surface area contributed by atoms with Crippen LogP contribution in [-0.4, -0.2) is 18.0 Å². The lowest BCUT2D eigenvalue weighted by Crippen LogP contribution is -2.47. The van der Waals surface area contributed by atoms with Crippen LogP contribution in [0.15, 0.2) is 30.3 Å². The van der Waals surface area contributed by atoms with Crippen LogP contribution in [0.5, 0.6) is 0 Å². The van der Waals surface area contributed by atoms with Crippen LogP contribution < -0.4 is 0 Å². The van der Waals surface area contributed by atoms with Gasteiger partial charge in [-0.05, 0) is 54.9 Å². The van der Waals surface area contributed by atoms with E-state index < -0.39 is 0 Å². The van der Waals surface area contributed by atoms with E-state index in [9.17, 15) is 4.79 Å². The maximum Gasteiger partial charge on any atom is 0.162 e. The highest BCUT2D eigenvalue weighted by Crippen LogP contribution is 2.56. The van der Waals surface area contributed by atoms with Crippen molar-refractivity contribution in [2.24, 2.45) is 17.8 Å². The summed E-state index contributed by atoms with van der Waals surface area (Å²) < 4.78 is 6.17. The molecule has 2 nitrogen and oxygen atoms in total. The van der Waals surface area contributed by atoms with Gasteiger partial charge in [0.1, 0.15) is 6.10 Å². The van der Waals surface area contributed by atoms with Crippen LogP contribution >= 0.6 is 0 Å². The Kier molecular flexibility index (Phi) is 3.81. The highest BCUT2D eigenvalue weighted by molar-refractivity contribution is 5.84. The molecule has 4 fully saturated rings. The molecule has 2 aliphatic carbocycles. The zero-order valence-corrected chi connectivity index (χ0v) is 13.4. The van der Waals surface area contributed by atoms with Gasteiger partial charge >= 0.3 is 0 Å². The summed E-state index contributed by atoms with van der Waals surface area (Å²) >= 11 is 0. The number of hydrogen-bond acceptors (Lipinski definition) is 2. The summed E-state index contributed by atoms with van der Waals surface area (Å²) in [4.78, 5) is 12.9. The van der Waals surface area contributed by atoms with E-state index in [1.54, 1.807) is 0 Å². The molecule has 2 heterocycles. The summed E-state index contributed by atoms with van der Waals surface area (Å²) in [5, 5.41) is 0. The third-order valence-corrected chi connectivity index (χ3v) is 6.23. The van der Waals surface area contributed by atoms with Gasteiger partial charge in [0.25, 0.3) is 0 Å². The third kappa shape index (κ3) is 2.42. The summed E-state index contributed by atoms with van der Waals surface area (Å²) in [6, 6.07) is 10.5. The lowest BCUT2D eigenvalue weighted by molar-refractivity contribution is -0.161. The van der Waals surface area contributed by atoms with E-state index in [1.807, 2.05) is 6.07 Å². The Morgan fingerprint density at radius 2 is 2.00 bits per heavy atom. The quantitative estimate of drug-likeness (QED) is 0.781. The van der Waals surface area contributed by atoms with Crippen LogP contribution in [0.2, 0.25) is 0 Å². The number of Topliss-reactive ketones (excluding diaryl/α,β-unsaturated/α-hetero) is 1. The van der Waals surface area contributed by atoms with Gasteiger partial charge in [-0.1, -0.05) is 43.7 Å². The molecule has 2 saturated heterocycles. The molecule has 0 spiro atoms. The minimum absolute atomic E-state index is 0.0921. The smallest absolute Gasteiger partial charge is 0.162 e. The van der Waals surface area contributed by atoms with Crippen molar-refractivity contribution in [3.05, 3.63) is 35.9 Å². The zero-order valence-electron chi connectivity index (χ0n) is 13.4. The minimum Gasteiger partial charge on any atom is -0.367 e. The van der Waals surface area contributed by atoms with Gasteiger partial charge in [0.15, 0.2) is 5.78 Å². The predicted octanol–water partition coefficient (Wildman–Crippen LogP) is 4.34. The molecule has 6 atom stereocenters. The maximum absolute atomic E-state index is 12.9. The molecule has 6 unspecified atom stereocenters. The lowest BCUT2D eigenvalue weighted by atomic mass is 9.76. The highest BCUT2D eigenvalue weighted by atomic mass is 16.5. The summed E-state index contributed by atoms with van der Waals surface area (Å²) in [6.07, 6.45) is 6.94. The topological polar surface area (TPSA) is 26.3 Å². The minimum atomic E-state index is -0.0921. The van der Waals surface area contributed by atoms with Crippen LogP contribution in [0.3, 0.4) is 0 Å². The fourth-order valence-electron chi connectivity index (χ4n) is 5.23. The molecule has 4 bridgehead atoms. The monoisotopic (exact) mass is 298 g/mol. The Morgan fingerprint density at radius 3 is 2.64 bits per heavy atom. The number of carbonyl (C=O) groups is 1. The fourth-order valence-corrected chi connectivity index (χ4v) is 5.23. The zero-order chi connectivity index (χ0) is 15.1. The van der Waals surface area contributed by atoms with Crippen molar-refractivity contribution in [3.63, 3.8) is 0 Å². The first-order valence-corrected chi connectivity index (χ1v) is 8.99. The molecule has 0 amide bonds. The molecule has 0 aromatic heterocycles. The molecule has 0 N–H and O–H groups in total. The average molecular weight is 298 g/mol. The molecular formula is C20H26O2. The molecular weight excluding hydrogens is 272 g/mol. The van der Waals surface area contributed by atoms with Gasteiger partial charge in [0.2, 0.25) is 0 Å². The number of ketones is 1. The summed E-state index contributed by atoms with van der Waals surface area (Å²) in [7, 11) is 0. The average Bonchev–Trinajstić information content (AvgIpc) is 3.11. The molecule has 2 heteroatoms. The Balaban J connectivity index is 1.46. The number of carbonyl (C=O) groups excluding carboxylic acids is 1. The van der Waals surface area contributed by atoms with Gasteiger partial charge in [-0.3, -0.25) is 4.79 Å². The first-order valence-electron chi connectivity index (χ1n) is 8.99. The van der Waals surface area contributed by atoms with Gasteiger partial charge in [-0.25, -0.2) is 0 Å². The summed E-state index contributed by atoms with van der Waals surface area (Å²) in [6.45, 7) is 2.20. The summed E-state index contributed by atoms with van der Waals surface area (Å²) in [5.74, 6) is 2.79. The molecule has 1 aromatic carbocycles. The second-order valence-electron chi connectivity index (χ2n) is 7.55. The van der Waals surface area contributed by atoms with Gasteiger partial charge < -0.3 is 4.74 Å². The van der Waals surface area contributed by atoms with Crippen LogP contribution in [0, 0.1) is 17.8 Å². The highest BCUT2D eigenvalue weighted by Gasteiger charge is 2.56. The van der Waals surface area contributed by atoms with E-state index in [2.05, 4.69) is 31.2 Å². The van der Waals surface area contributed by atoms with Gasteiger partial charge in [0.05, 0.1) is 6.10 Å². The van der Waals surface area contributed by atoms with Crippen molar-refractivity contribution in [1.29, 1.82) is 0 Å². The van der Waals surface area contributed by atoms with Crippen molar-refractivity contribution in [2.45, 2.75) is 63.6 Å². The van der Waals surface area contributed by atoms with E-state index >= 15 is 0 Å². The molecule has 1 aromatic rings. The van der Waals surface area contributed by atoms with Crippen molar-refractivity contribution in [1.82, 2.24) is 0 Å². The van der Waals surface area contributed by atoms with Crippen molar-refractivity contribution in [2.75, 3.05) is 0 Å². The van der Waals surface area contributed by atoms with Gasteiger partial charge in [0, 0.05) is 6.42 Å². The molecule has 4 aliphatic rings. The molecule has 2 saturated carbocycles. The number of benzene rings is 1. The number of rotatable bonds is 6. The Bertz CT molecular complexity index is 536. The first-order chi connectivity index (χ1) is 10.8. The largest absolute Gasteiger partial charge is 0.367 e. The maximum atomic E-state index is 12.9. The standard InChI is InChI=1S/C20H26O2/c1-2-6-14(13-7-4-3-5-8-13)11-18(21)20-17-10-16-9-15(17)12-19(16)22-20/h3-5,7-8,14-17,19-20H,2,6,9-12H2,1H3. The third-order valence-electron chi connectivity index (χ3n) is 6.23. The summed E-state index contributed by atoms with van der Waals surface area (Å²) in [5.41, 5.74) is 1.31. The molecule has 5 rings (SSSR count). The SMILES string of the molecule is CCCC(CC(=O)C1OC2CC3CC2CC31)c1ccccc1. The molecule has 118 valence electrons. The van der Waals surface area contributed by atoms with Crippen molar-refractivity contribution < 1.29 is 9.53 Å². The van der Waals surface area contributed by atoms with Crippen molar-refractivity contribution in [3.8, 4) is 0 Å².